The van der Waals surface area contributed by atoms with Crippen LogP contribution in [0.3, 0.4) is 0 Å². The fourth-order valence-electron chi connectivity index (χ4n) is 2.51. The van der Waals surface area contributed by atoms with Crippen molar-refractivity contribution in [2.75, 3.05) is 60.2 Å². The molecule has 0 radical (unpaired) electrons. The van der Waals surface area contributed by atoms with E-state index in [4.69, 9.17) is 14.2 Å². The maximum Gasteiger partial charge on any atom is 0.193 e. The van der Waals surface area contributed by atoms with E-state index >= 15 is 0 Å². The van der Waals surface area contributed by atoms with Crippen LogP contribution < -0.4 is 5.32 Å². The number of guanidine groups is 1. The van der Waals surface area contributed by atoms with E-state index in [0.29, 0.717) is 6.10 Å². The summed E-state index contributed by atoms with van der Waals surface area (Å²) < 4.78 is 16.0. The Kier molecular flexibility index (Phi) is 15.3. The summed E-state index contributed by atoms with van der Waals surface area (Å²) in [5.41, 5.74) is 0. The van der Waals surface area contributed by atoms with Crippen LogP contribution in [0.25, 0.3) is 0 Å². The van der Waals surface area contributed by atoms with Gasteiger partial charge in [0.15, 0.2) is 5.96 Å². The molecule has 0 spiro atoms. The summed E-state index contributed by atoms with van der Waals surface area (Å²) in [5, 5.41) is 3.38. The Morgan fingerprint density at radius 3 is 2.35 bits per heavy atom. The molecule has 0 aromatic heterocycles. The molecule has 0 amide bonds. The molecule has 0 unspecified atom stereocenters. The van der Waals surface area contributed by atoms with Crippen molar-refractivity contribution in [2.24, 2.45) is 4.99 Å². The van der Waals surface area contributed by atoms with Crippen molar-refractivity contribution < 1.29 is 14.2 Å². The van der Waals surface area contributed by atoms with E-state index in [1.54, 1.807) is 14.2 Å². The van der Waals surface area contributed by atoms with Gasteiger partial charge in [-0.1, -0.05) is 0 Å². The smallest absolute Gasteiger partial charge is 0.193 e. The van der Waals surface area contributed by atoms with Crippen molar-refractivity contribution in [2.45, 2.75) is 38.7 Å². The lowest BCUT2D eigenvalue weighted by Crippen LogP contribution is -2.47. The highest BCUT2D eigenvalue weighted by Crippen LogP contribution is 2.14. The molecule has 1 rings (SSSR count). The lowest BCUT2D eigenvalue weighted by Gasteiger charge is -2.34. The van der Waals surface area contributed by atoms with E-state index in [9.17, 15) is 0 Å². The van der Waals surface area contributed by atoms with E-state index in [-0.39, 0.29) is 24.0 Å². The standard InChI is InChI=1S/C16H33N3O3.HI/c1-4-17-16(18-9-5-12-20-2)19-10-7-15(8-11-19)22-14-6-13-21-3;/h15H,4-14H2,1-3H3,(H,17,18);1H. The van der Waals surface area contributed by atoms with Gasteiger partial charge in [0.1, 0.15) is 0 Å². The van der Waals surface area contributed by atoms with Crippen molar-refractivity contribution in [3.63, 3.8) is 0 Å². The topological polar surface area (TPSA) is 55.3 Å². The van der Waals surface area contributed by atoms with Crippen LogP contribution in [-0.4, -0.2) is 77.2 Å². The molecule has 0 aromatic rings. The van der Waals surface area contributed by atoms with Gasteiger partial charge in [0, 0.05) is 60.2 Å². The summed E-state index contributed by atoms with van der Waals surface area (Å²) in [4.78, 5) is 7.02. The average molecular weight is 443 g/mol. The first-order valence-electron chi connectivity index (χ1n) is 8.44. The Morgan fingerprint density at radius 2 is 1.74 bits per heavy atom. The van der Waals surface area contributed by atoms with Crippen molar-refractivity contribution in [3.8, 4) is 0 Å². The van der Waals surface area contributed by atoms with Gasteiger partial charge in [0.25, 0.3) is 0 Å². The van der Waals surface area contributed by atoms with Gasteiger partial charge in [-0.15, -0.1) is 24.0 Å². The number of rotatable bonds is 10. The molecule has 7 heteroatoms. The average Bonchev–Trinajstić information content (AvgIpc) is 2.55. The molecule has 0 aromatic carbocycles. The summed E-state index contributed by atoms with van der Waals surface area (Å²) in [5.74, 6) is 1.02. The molecule has 0 saturated carbocycles. The molecule has 0 bridgehead atoms. The molecule has 1 fully saturated rings. The van der Waals surface area contributed by atoms with E-state index in [1.807, 2.05) is 0 Å². The number of hydrogen-bond donors (Lipinski definition) is 1. The lowest BCUT2D eigenvalue weighted by molar-refractivity contribution is 0.00990. The van der Waals surface area contributed by atoms with Crippen LogP contribution in [0.4, 0.5) is 0 Å². The van der Waals surface area contributed by atoms with Crippen molar-refractivity contribution in [1.29, 1.82) is 0 Å². The number of halogens is 1. The molecular formula is C16H34IN3O3. The molecule has 1 heterocycles. The molecule has 1 saturated heterocycles. The first kappa shape index (κ1) is 22.9. The molecule has 0 aliphatic carbocycles. The first-order valence-corrected chi connectivity index (χ1v) is 8.44. The molecule has 23 heavy (non-hydrogen) atoms. The molecular weight excluding hydrogens is 409 g/mol. The minimum Gasteiger partial charge on any atom is -0.385 e. The predicted octanol–water partition coefficient (Wildman–Crippen LogP) is 2.12. The number of aliphatic imine (C=N–C) groups is 1. The molecule has 1 aliphatic rings. The third-order valence-corrected chi connectivity index (χ3v) is 3.69. The van der Waals surface area contributed by atoms with Crippen LogP contribution in [0.5, 0.6) is 0 Å². The number of likely N-dealkylation sites (tertiary alicyclic amines) is 1. The summed E-state index contributed by atoms with van der Waals surface area (Å²) >= 11 is 0. The Balaban J connectivity index is 0.00000484. The monoisotopic (exact) mass is 443 g/mol. The molecule has 6 nitrogen and oxygen atoms in total. The van der Waals surface area contributed by atoms with E-state index in [0.717, 1.165) is 77.6 Å². The third kappa shape index (κ3) is 10.4. The second-order valence-electron chi connectivity index (χ2n) is 5.49. The van der Waals surface area contributed by atoms with Gasteiger partial charge in [-0.05, 0) is 32.6 Å². The Morgan fingerprint density at radius 1 is 1.09 bits per heavy atom. The number of ether oxygens (including phenoxy) is 3. The van der Waals surface area contributed by atoms with Crippen molar-refractivity contribution >= 4 is 29.9 Å². The van der Waals surface area contributed by atoms with E-state index in [1.165, 1.54) is 0 Å². The van der Waals surface area contributed by atoms with Crippen LogP contribution in [0, 0.1) is 0 Å². The lowest BCUT2D eigenvalue weighted by atomic mass is 10.1. The van der Waals surface area contributed by atoms with Crippen LogP contribution >= 0.6 is 24.0 Å². The largest absolute Gasteiger partial charge is 0.385 e. The maximum absolute atomic E-state index is 5.90. The molecule has 1 aliphatic heterocycles. The summed E-state index contributed by atoms with van der Waals surface area (Å²) in [6, 6.07) is 0. The van der Waals surface area contributed by atoms with E-state index < -0.39 is 0 Å². The summed E-state index contributed by atoms with van der Waals surface area (Å²) in [6.45, 7) is 8.16. The zero-order chi connectivity index (χ0) is 16.0. The Labute approximate surface area is 158 Å². The first-order chi connectivity index (χ1) is 10.8. The van der Waals surface area contributed by atoms with Gasteiger partial charge in [0.2, 0.25) is 0 Å². The van der Waals surface area contributed by atoms with Gasteiger partial charge in [-0.2, -0.15) is 0 Å². The van der Waals surface area contributed by atoms with Crippen LogP contribution in [0.1, 0.15) is 32.6 Å². The fourth-order valence-corrected chi connectivity index (χ4v) is 2.51. The third-order valence-electron chi connectivity index (χ3n) is 3.69. The predicted molar refractivity (Wildman–Crippen MR) is 105 cm³/mol. The van der Waals surface area contributed by atoms with Gasteiger partial charge in [-0.3, -0.25) is 4.99 Å². The number of piperidine rings is 1. The maximum atomic E-state index is 5.90. The zero-order valence-corrected chi connectivity index (χ0v) is 17.2. The number of hydrogen-bond acceptors (Lipinski definition) is 4. The number of nitrogens with one attached hydrogen (secondary N) is 1. The van der Waals surface area contributed by atoms with Crippen LogP contribution in [0.2, 0.25) is 0 Å². The highest BCUT2D eigenvalue weighted by Gasteiger charge is 2.21. The quantitative estimate of drug-likeness (QED) is 0.243. The van der Waals surface area contributed by atoms with Gasteiger partial charge in [0.05, 0.1) is 6.10 Å². The molecule has 1 N–H and O–H groups in total. The summed E-state index contributed by atoms with van der Waals surface area (Å²) in [6.07, 6.45) is 4.44. The number of methoxy groups -OCH3 is 2. The Hall–Kier alpha value is -0.120. The van der Waals surface area contributed by atoms with E-state index in [2.05, 4.69) is 22.1 Å². The minimum atomic E-state index is 0. The van der Waals surface area contributed by atoms with Crippen molar-refractivity contribution in [1.82, 2.24) is 10.2 Å². The van der Waals surface area contributed by atoms with Crippen molar-refractivity contribution in [3.05, 3.63) is 0 Å². The second-order valence-corrected chi connectivity index (χ2v) is 5.49. The minimum absolute atomic E-state index is 0. The highest BCUT2D eigenvalue weighted by atomic mass is 127. The second kappa shape index (κ2) is 15.4. The van der Waals surface area contributed by atoms with Crippen LogP contribution in [0.15, 0.2) is 4.99 Å². The van der Waals surface area contributed by atoms with Gasteiger partial charge >= 0.3 is 0 Å². The van der Waals surface area contributed by atoms with Gasteiger partial charge < -0.3 is 24.4 Å². The zero-order valence-electron chi connectivity index (χ0n) is 14.9. The molecule has 138 valence electrons. The normalized spacial score (nSPS) is 16.3. The van der Waals surface area contributed by atoms with Crippen LogP contribution in [-0.2, 0) is 14.2 Å². The fraction of sp³-hybridized carbons (Fsp3) is 0.938. The SMILES string of the molecule is CCNC(=NCCCOC)N1CCC(OCCCOC)CC1.I. The number of nitrogens with zero attached hydrogens (tertiary/aromatic N) is 2. The Bertz CT molecular complexity index is 298. The highest BCUT2D eigenvalue weighted by molar-refractivity contribution is 14.0. The summed E-state index contributed by atoms with van der Waals surface area (Å²) in [7, 11) is 3.46. The van der Waals surface area contributed by atoms with Gasteiger partial charge in [-0.25, -0.2) is 0 Å². The molecule has 0 atom stereocenters.